The van der Waals surface area contributed by atoms with Crippen molar-refractivity contribution in [2.75, 3.05) is 5.23 Å². The van der Waals surface area contributed by atoms with Gasteiger partial charge in [-0.15, -0.1) is 0 Å². The van der Waals surface area contributed by atoms with Crippen LogP contribution in [0.25, 0.3) is 0 Å². The molecule has 0 aliphatic carbocycles. The van der Waals surface area contributed by atoms with E-state index in [0.717, 1.165) is 0 Å². The van der Waals surface area contributed by atoms with Crippen molar-refractivity contribution in [1.29, 1.82) is 0 Å². The van der Waals surface area contributed by atoms with E-state index in [2.05, 4.69) is 15.4 Å². The number of rotatable bonds is 5. The molecule has 1 aromatic carbocycles. The molecule has 22 heavy (non-hydrogen) atoms. The standard InChI is InChI=1S/C13H12B2Cl2N3O2/c1-6(2)8-5-11(19-20-13(8)21)22-12-9(16)3-7(18-15-14)4-10(12)17/h3-6,18H,1-2H3,(H,20,21). The van der Waals surface area contributed by atoms with Crippen LogP contribution in [0.15, 0.2) is 23.0 Å². The van der Waals surface area contributed by atoms with Crippen molar-refractivity contribution >= 4 is 43.2 Å². The van der Waals surface area contributed by atoms with Crippen LogP contribution in [-0.4, -0.2) is 24.5 Å². The van der Waals surface area contributed by atoms with Crippen LogP contribution in [0.3, 0.4) is 0 Å². The van der Waals surface area contributed by atoms with Gasteiger partial charge in [-0.2, -0.15) is 0 Å². The van der Waals surface area contributed by atoms with E-state index < -0.39 is 0 Å². The van der Waals surface area contributed by atoms with Crippen molar-refractivity contribution in [2.24, 2.45) is 0 Å². The third kappa shape index (κ3) is 3.78. The molecule has 2 rings (SSSR count). The Morgan fingerprint density at radius 3 is 2.50 bits per heavy atom. The van der Waals surface area contributed by atoms with Gasteiger partial charge in [-0.3, -0.25) is 0 Å². The summed E-state index contributed by atoms with van der Waals surface area (Å²) in [6.45, 7) is 5.07. The fourth-order valence-corrected chi connectivity index (χ4v) is 2.39. The summed E-state index contributed by atoms with van der Waals surface area (Å²) in [4.78, 5) is 11.7. The fourth-order valence-electron chi connectivity index (χ4n) is 1.82. The Labute approximate surface area is 139 Å². The van der Waals surface area contributed by atoms with Gasteiger partial charge in [-0.1, -0.05) is 0 Å². The average Bonchev–Trinajstić information content (AvgIpc) is 2.44. The first-order chi connectivity index (χ1) is 10.4. The molecule has 2 N–H and O–H groups in total. The normalized spacial score (nSPS) is 10.4. The maximum absolute atomic E-state index is 11.7. The molecule has 1 aromatic heterocycles. The third-order valence-corrected chi connectivity index (χ3v) is 3.45. The van der Waals surface area contributed by atoms with E-state index in [1.54, 1.807) is 18.2 Å². The van der Waals surface area contributed by atoms with E-state index in [1.165, 1.54) is 6.94 Å². The number of nitrogens with one attached hydrogen (secondary N) is 2. The van der Waals surface area contributed by atoms with Crippen molar-refractivity contribution in [1.82, 2.24) is 10.2 Å². The number of anilines is 1. The van der Waals surface area contributed by atoms with Crippen molar-refractivity contribution < 1.29 is 4.74 Å². The predicted molar refractivity (Wildman–Crippen MR) is 90.6 cm³/mol. The Morgan fingerprint density at radius 2 is 1.95 bits per heavy atom. The summed E-state index contributed by atoms with van der Waals surface area (Å²) in [6.07, 6.45) is 0. The zero-order chi connectivity index (χ0) is 16.3. The summed E-state index contributed by atoms with van der Waals surface area (Å²) < 4.78 is 5.60. The van der Waals surface area contributed by atoms with Gasteiger partial charge in [0.2, 0.25) is 0 Å². The van der Waals surface area contributed by atoms with Crippen LogP contribution in [-0.2, 0) is 0 Å². The molecule has 1 heterocycles. The van der Waals surface area contributed by atoms with Crippen molar-refractivity contribution in [3.63, 3.8) is 0 Å². The summed E-state index contributed by atoms with van der Waals surface area (Å²) >= 11 is 12.3. The Kier molecular flexibility index (Phi) is 5.42. The summed E-state index contributed by atoms with van der Waals surface area (Å²) in [5.41, 5.74) is 0.938. The molecule has 111 valence electrons. The summed E-state index contributed by atoms with van der Waals surface area (Å²) in [5.74, 6) is 0.491. The quantitative estimate of drug-likeness (QED) is 0.824. The first-order valence-electron chi connectivity index (χ1n) is 6.48. The Balaban J connectivity index is 2.37. The second-order valence-corrected chi connectivity index (χ2v) is 5.64. The minimum absolute atomic E-state index is 0.0340. The zero-order valence-electron chi connectivity index (χ0n) is 12.0. The van der Waals surface area contributed by atoms with Crippen LogP contribution in [0.4, 0.5) is 5.69 Å². The number of benzene rings is 1. The number of halogens is 2. The third-order valence-electron chi connectivity index (χ3n) is 2.89. The molecule has 0 aliphatic heterocycles. The number of ether oxygens (including phenoxy) is 1. The number of nitrogens with zero attached hydrogens (tertiary/aromatic N) is 1. The van der Waals surface area contributed by atoms with Gasteiger partial charge in [0.1, 0.15) is 0 Å². The SMILES string of the molecule is [B]=BNc1cc(Cl)c(Oc2cc(C(C)C)c(=O)[nH]n2)c(Cl)c1. The van der Waals surface area contributed by atoms with Crippen LogP contribution in [0.5, 0.6) is 11.6 Å². The zero-order valence-corrected chi connectivity index (χ0v) is 13.5. The van der Waals surface area contributed by atoms with Gasteiger partial charge in [0, 0.05) is 0 Å². The van der Waals surface area contributed by atoms with Crippen LogP contribution >= 0.6 is 23.2 Å². The Morgan fingerprint density at radius 1 is 1.32 bits per heavy atom. The molecule has 9 heteroatoms. The van der Waals surface area contributed by atoms with Crippen LogP contribution in [0.1, 0.15) is 25.3 Å². The Bertz CT molecular complexity index is 742. The van der Waals surface area contributed by atoms with E-state index >= 15 is 0 Å². The second-order valence-electron chi connectivity index (χ2n) is 4.83. The molecule has 0 bridgehead atoms. The van der Waals surface area contributed by atoms with Crippen molar-refractivity contribution in [3.8, 4) is 11.6 Å². The van der Waals surface area contributed by atoms with Gasteiger partial charge in [0.05, 0.1) is 0 Å². The molecular weight excluding hydrogens is 323 g/mol. The molecule has 0 amide bonds. The summed E-state index contributed by atoms with van der Waals surface area (Å²) in [7, 11) is 5.28. The van der Waals surface area contributed by atoms with Gasteiger partial charge in [0.25, 0.3) is 0 Å². The van der Waals surface area contributed by atoms with Crippen LogP contribution in [0.2, 0.25) is 10.0 Å². The number of hydrogen-bond acceptors (Lipinski definition) is 4. The number of aromatic amines is 1. The molecule has 2 aromatic rings. The molecule has 0 aliphatic rings. The topological polar surface area (TPSA) is 67.0 Å². The molecule has 0 fully saturated rings. The molecular formula is C13H12B2Cl2N3O2. The Hall–Kier alpha value is -1.59. The predicted octanol–water partition coefficient (Wildman–Crippen LogP) is 3.11. The van der Waals surface area contributed by atoms with Gasteiger partial charge >= 0.3 is 139 Å². The number of H-pyrrole nitrogens is 1. The number of hydrogen-bond donors (Lipinski definition) is 2. The maximum atomic E-state index is 11.7. The molecule has 1 radical (unpaired) electrons. The molecule has 0 unspecified atom stereocenters. The minimum atomic E-state index is -0.252. The van der Waals surface area contributed by atoms with Crippen molar-refractivity contribution in [2.45, 2.75) is 19.8 Å². The molecule has 0 spiro atoms. The molecule has 0 saturated heterocycles. The van der Waals surface area contributed by atoms with Crippen molar-refractivity contribution in [3.05, 3.63) is 44.2 Å². The van der Waals surface area contributed by atoms with E-state index in [9.17, 15) is 4.79 Å². The summed E-state index contributed by atoms with van der Waals surface area (Å²) in [6, 6.07) is 4.79. The molecule has 0 atom stereocenters. The second kappa shape index (κ2) is 7.11. The van der Waals surface area contributed by atoms with Gasteiger partial charge < -0.3 is 0 Å². The fraction of sp³-hybridized carbons (Fsp3) is 0.231. The average molecular weight is 335 g/mol. The van der Waals surface area contributed by atoms with E-state index in [1.807, 2.05) is 13.8 Å². The number of aromatic nitrogens is 2. The molecule has 5 nitrogen and oxygen atoms in total. The van der Waals surface area contributed by atoms with Gasteiger partial charge in [0.15, 0.2) is 0 Å². The van der Waals surface area contributed by atoms with E-state index in [0.29, 0.717) is 11.3 Å². The van der Waals surface area contributed by atoms with Crippen LogP contribution < -0.4 is 15.5 Å². The van der Waals surface area contributed by atoms with Gasteiger partial charge in [-0.25, -0.2) is 0 Å². The van der Waals surface area contributed by atoms with Crippen LogP contribution in [0, 0.1) is 0 Å². The first kappa shape index (κ1) is 16.8. The first-order valence-corrected chi connectivity index (χ1v) is 7.24. The van der Waals surface area contributed by atoms with Gasteiger partial charge in [-0.05, 0) is 0 Å². The van der Waals surface area contributed by atoms with E-state index in [-0.39, 0.29) is 33.2 Å². The summed E-state index contributed by atoms with van der Waals surface area (Å²) in [5, 5.41) is 9.58. The van der Waals surface area contributed by atoms with E-state index in [4.69, 9.17) is 35.3 Å². The molecule has 0 saturated carbocycles. The monoisotopic (exact) mass is 334 g/mol.